The van der Waals surface area contributed by atoms with Gasteiger partial charge in [-0.3, -0.25) is 4.57 Å². The fourth-order valence-corrected chi connectivity index (χ4v) is 8.24. The number of nitrogens with zero attached hydrogens (tertiary/aromatic N) is 2. The first kappa shape index (κ1) is 32.3. The fourth-order valence-electron chi connectivity index (χ4n) is 8.24. The molecule has 0 bridgehead atoms. The summed E-state index contributed by atoms with van der Waals surface area (Å²) in [6, 6.07) is 46.4. The Morgan fingerprint density at radius 1 is 0.577 bits per heavy atom. The summed E-state index contributed by atoms with van der Waals surface area (Å²) in [4.78, 5) is 5.40. The quantitative estimate of drug-likeness (QED) is 0.170. The monoisotopic (exact) mass is 676 g/mol. The van der Waals surface area contributed by atoms with Gasteiger partial charge in [0.2, 0.25) is 0 Å². The molecule has 0 aliphatic rings. The van der Waals surface area contributed by atoms with Gasteiger partial charge in [0, 0.05) is 10.8 Å². The first-order chi connectivity index (χ1) is 25.1. The second-order valence-electron chi connectivity index (χ2n) is 16.0. The Kier molecular flexibility index (Phi) is 7.41. The second-order valence-corrected chi connectivity index (χ2v) is 16.0. The largest absolute Gasteiger partial charge is 0.455 e. The van der Waals surface area contributed by atoms with Gasteiger partial charge in [-0.1, -0.05) is 127 Å². The van der Waals surface area contributed by atoms with Crippen LogP contribution in [0.25, 0.3) is 82.7 Å². The zero-order chi connectivity index (χ0) is 35.9. The average molecular weight is 677 g/mol. The molecule has 256 valence electrons. The Hall–Kier alpha value is -5.67. The van der Waals surface area contributed by atoms with Gasteiger partial charge in [-0.25, -0.2) is 4.98 Å². The van der Waals surface area contributed by atoms with Crippen molar-refractivity contribution in [3.05, 3.63) is 144 Å². The Morgan fingerprint density at radius 3 is 1.94 bits per heavy atom. The highest BCUT2D eigenvalue weighted by molar-refractivity contribution is 6.18. The van der Waals surface area contributed by atoms with E-state index < -0.39 is 0 Å². The van der Waals surface area contributed by atoms with E-state index in [0.717, 1.165) is 44.4 Å². The molecule has 0 spiro atoms. The molecular weight excluding hydrogens is 633 g/mol. The lowest BCUT2D eigenvalue weighted by atomic mass is 9.82. The Labute approximate surface area is 305 Å². The molecule has 2 aromatic heterocycles. The minimum absolute atomic E-state index is 0.0104. The van der Waals surface area contributed by atoms with Crippen LogP contribution in [0.4, 0.5) is 0 Å². The average Bonchev–Trinajstić information content (AvgIpc) is 3.71. The van der Waals surface area contributed by atoms with Crippen molar-refractivity contribution in [2.24, 2.45) is 0 Å². The van der Waals surface area contributed by atoms with Crippen molar-refractivity contribution in [1.29, 1.82) is 0 Å². The summed E-state index contributed by atoms with van der Waals surface area (Å²) >= 11 is 0. The van der Waals surface area contributed by atoms with Gasteiger partial charge in [0.15, 0.2) is 0 Å². The Balaban J connectivity index is 1.35. The van der Waals surface area contributed by atoms with Crippen LogP contribution in [0.1, 0.15) is 77.0 Å². The topological polar surface area (TPSA) is 31.0 Å². The van der Waals surface area contributed by atoms with Gasteiger partial charge in [-0.05, 0) is 115 Å². The summed E-state index contributed by atoms with van der Waals surface area (Å²) < 4.78 is 9.37. The number of furan rings is 1. The number of imidazole rings is 1. The summed E-state index contributed by atoms with van der Waals surface area (Å²) in [6.45, 7) is 16.1. The summed E-state index contributed by atoms with van der Waals surface area (Å²) in [7, 11) is 0. The van der Waals surface area contributed by atoms with E-state index in [9.17, 15) is 0 Å². The van der Waals surface area contributed by atoms with E-state index in [1.54, 1.807) is 0 Å². The normalized spacial score (nSPS) is 12.5. The molecule has 7 aromatic carbocycles. The molecule has 0 N–H and O–H groups in total. The number of fused-ring (bicyclic) bond motifs is 7. The minimum atomic E-state index is 0.0104. The number of hydrogen-bond acceptors (Lipinski definition) is 2. The number of aromatic nitrogens is 2. The predicted octanol–water partition coefficient (Wildman–Crippen LogP) is 14.1. The van der Waals surface area contributed by atoms with Gasteiger partial charge < -0.3 is 4.42 Å². The lowest BCUT2D eigenvalue weighted by molar-refractivity contribution is 0.596. The predicted molar refractivity (Wildman–Crippen MR) is 221 cm³/mol. The molecule has 0 radical (unpaired) electrons. The molecular formula is C49H44N2O. The lowest BCUT2D eigenvalue weighted by Gasteiger charge is -2.24. The first-order valence-corrected chi connectivity index (χ1v) is 18.6. The van der Waals surface area contributed by atoms with Crippen LogP contribution in [-0.4, -0.2) is 9.55 Å². The van der Waals surface area contributed by atoms with Gasteiger partial charge in [-0.2, -0.15) is 0 Å². The molecule has 0 aliphatic heterocycles. The Morgan fingerprint density at radius 2 is 1.23 bits per heavy atom. The molecule has 0 atom stereocenters. The third kappa shape index (κ3) is 5.05. The summed E-state index contributed by atoms with van der Waals surface area (Å²) in [5.41, 5.74) is 12.5. The number of hydrogen-bond donors (Lipinski definition) is 0. The van der Waals surface area contributed by atoms with Crippen molar-refractivity contribution in [2.45, 2.75) is 65.7 Å². The third-order valence-electron chi connectivity index (χ3n) is 10.8. The summed E-state index contributed by atoms with van der Waals surface area (Å²) in [6.07, 6.45) is 0. The van der Waals surface area contributed by atoms with E-state index >= 15 is 0 Å². The van der Waals surface area contributed by atoms with Crippen LogP contribution >= 0.6 is 0 Å². The molecule has 0 amide bonds. The van der Waals surface area contributed by atoms with Crippen LogP contribution in [0.5, 0.6) is 0 Å². The van der Waals surface area contributed by atoms with Crippen molar-refractivity contribution < 1.29 is 4.42 Å². The molecule has 0 unspecified atom stereocenters. The number of benzene rings is 7. The maximum absolute atomic E-state index is 6.96. The maximum Gasteiger partial charge on any atom is 0.149 e. The van der Waals surface area contributed by atoms with E-state index in [1.165, 1.54) is 55.0 Å². The molecule has 9 rings (SSSR count). The highest BCUT2D eigenvalue weighted by Crippen LogP contribution is 2.44. The van der Waals surface area contributed by atoms with Crippen molar-refractivity contribution >= 4 is 54.5 Å². The van der Waals surface area contributed by atoms with Gasteiger partial charge in [0.1, 0.15) is 17.0 Å². The second kappa shape index (κ2) is 12.0. The summed E-state index contributed by atoms with van der Waals surface area (Å²) in [5, 5.41) is 7.23. The van der Waals surface area contributed by atoms with Crippen molar-refractivity contribution in [3.8, 4) is 28.2 Å². The van der Waals surface area contributed by atoms with Crippen molar-refractivity contribution in [3.63, 3.8) is 0 Å². The van der Waals surface area contributed by atoms with E-state index in [0.29, 0.717) is 0 Å². The van der Waals surface area contributed by atoms with Crippen molar-refractivity contribution in [2.75, 3.05) is 0 Å². The fraction of sp³-hybridized carbons (Fsp3) is 0.204. The molecule has 52 heavy (non-hydrogen) atoms. The highest BCUT2D eigenvalue weighted by Gasteiger charge is 2.26. The number of rotatable bonds is 5. The maximum atomic E-state index is 6.96. The zero-order valence-electron chi connectivity index (χ0n) is 31.1. The van der Waals surface area contributed by atoms with Crippen LogP contribution in [0.3, 0.4) is 0 Å². The first-order valence-electron chi connectivity index (χ1n) is 18.6. The molecule has 0 aliphatic carbocycles. The molecule has 0 saturated carbocycles. The van der Waals surface area contributed by atoms with Gasteiger partial charge >= 0.3 is 0 Å². The minimum Gasteiger partial charge on any atom is -0.455 e. The molecule has 9 aromatic rings. The van der Waals surface area contributed by atoms with Crippen molar-refractivity contribution in [1.82, 2.24) is 9.55 Å². The van der Waals surface area contributed by atoms with Gasteiger partial charge in [0.05, 0.1) is 22.3 Å². The molecule has 0 fully saturated rings. The van der Waals surface area contributed by atoms with Crippen LogP contribution in [-0.2, 0) is 5.41 Å². The van der Waals surface area contributed by atoms with Crippen LogP contribution in [0, 0.1) is 0 Å². The smallest absolute Gasteiger partial charge is 0.149 e. The van der Waals surface area contributed by atoms with Crippen LogP contribution in [0.2, 0.25) is 0 Å². The molecule has 2 heterocycles. The van der Waals surface area contributed by atoms with Gasteiger partial charge in [-0.15, -0.1) is 0 Å². The standard InChI is InChI=1S/C49H44N2O/c1-29(2)38-24-32(31-16-9-8-10-17-31)25-39(30(3)4)46(38)51-44-23-14-13-22-43(44)50-48(51)37-21-15-20-36-41-26-33-27-42(49(5,6)7)35-19-12-11-18-34(35)40(33)28-45(41)52-47(36)37/h8-30H,1-7H3. The Bertz CT molecular complexity index is 2800. The van der Waals surface area contributed by atoms with E-state index in [1.807, 2.05) is 0 Å². The van der Waals surface area contributed by atoms with Gasteiger partial charge in [0.25, 0.3) is 0 Å². The molecule has 3 heteroatoms. The van der Waals surface area contributed by atoms with Crippen LogP contribution in [0.15, 0.2) is 132 Å². The number of para-hydroxylation sites is 3. The summed E-state index contributed by atoms with van der Waals surface area (Å²) in [5.74, 6) is 1.46. The highest BCUT2D eigenvalue weighted by atomic mass is 16.3. The van der Waals surface area contributed by atoms with E-state index in [-0.39, 0.29) is 17.3 Å². The lowest BCUT2D eigenvalue weighted by Crippen LogP contribution is -2.11. The molecule has 3 nitrogen and oxygen atoms in total. The SMILES string of the molecule is CC(C)c1cc(-c2ccccc2)cc(C(C)C)c1-n1c(-c2cccc3c2oc2cc4c(cc(C(C)(C)C)c5ccccc54)cc23)nc2ccccc21. The third-order valence-corrected chi connectivity index (χ3v) is 10.8. The zero-order valence-corrected chi connectivity index (χ0v) is 31.1. The molecule has 0 saturated heterocycles. The van der Waals surface area contributed by atoms with E-state index in [2.05, 4.69) is 180 Å². The van der Waals surface area contributed by atoms with E-state index in [4.69, 9.17) is 9.40 Å². The van der Waals surface area contributed by atoms with Crippen LogP contribution < -0.4 is 0 Å².